The standard InChI is InChI=1S/C22H29N3O2/c1-16-7-3-4-8-18(16)19-15-23-24-20(19)17-9-12-25(13-10-17)21(26)22(2)11-5-6-14-27-22/h3-4,7-8,15,17H,5-6,9-14H2,1-2H3,(H,23,24)/t22-/m1/s1. The highest BCUT2D eigenvalue weighted by Gasteiger charge is 2.40. The topological polar surface area (TPSA) is 58.2 Å². The van der Waals surface area contributed by atoms with E-state index in [0.717, 1.165) is 45.2 Å². The van der Waals surface area contributed by atoms with E-state index in [4.69, 9.17) is 4.74 Å². The van der Waals surface area contributed by atoms with Crippen LogP contribution in [0.25, 0.3) is 11.1 Å². The quantitative estimate of drug-likeness (QED) is 0.890. The summed E-state index contributed by atoms with van der Waals surface area (Å²) < 4.78 is 5.86. The number of benzene rings is 1. The van der Waals surface area contributed by atoms with Gasteiger partial charge < -0.3 is 9.64 Å². The number of ether oxygens (including phenoxy) is 1. The van der Waals surface area contributed by atoms with Crippen LogP contribution >= 0.6 is 0 Å². The lowest BCUT2D eigenvalue weighted by Gasteiger charge is -2.40. The smallest absolute Gasteiger partial charge is 0.254 e. The van der Waals surface area contributed by atoms with E-state index in [-0.39, 0.29) is 5.91 Å². The molecule has 1 N–H and O–H groups in total. The molecule has 1 atom stereocenters. The van der Waals surface area contributed by atoms with Gasteiger partial charge >= 0.3 is 0 Å². The Balaban J connectivity index is 1.46. The SMILES string of the molecule is Cc1ccccc1-c1cn[nH]c1C1CCN(C(=O)[C@@]2(C)CCCCO2)CC1. The first-order chi connectivity index (χ1) is 13.1. The zero-order valence-corrected chi connectivity index (χ0v) is 16.3. The molecule has 0 radical (unpaired) electrons. The normalized spacial score (nSPS) is 24.1. The van der Waals surface area contributed by atoms with Gasteiger partial charge in [-0.1, -0.05) is 24.3 Å². The lowest BCUT2D eigenvalue weighted by Crippen LogP contribution is -2.52. The van der Waals surface area contributed by atoms with E-state index in [2.05, 4.69) is 41.4 Å². The zero-order valence-electron chi connectivity index (χ0n) is 16.3. The predicted molar refractivity (Wildman–Crippen MR) is 106 cm³/mol. The Kier molecular flexibility index (Phi) is 5.04. The zero-order chi connectivity index (χ0) is 18.9. The van der Waals surface area contributed by atoms with Crippen molar-refractivity contribution < 1.29 is 9.53 Å². The number of aromatic nitrogens is 2. The molecule has 2 aliphatic rings. The molecule has 0 aliphatic carbocycles. The van der Waals surface area contributed by atoms with Crippen molar-refractivity contribution in [3.63, 3.8) is 0 Å². The average Bonchev–Trinajstić information content (AvgIpc) is 3.18. The molecule has 0 unspecified atom stereocenters. The van der Waals surface area contributed by atoms with Crippen molar-refractivity contribution in [1.82, 2.24) is 15.1 Å². The van der Waals surface area contributed by atoms with Gasteiger partial charge in [0.2, 0.25) is 0 Å². The fourth-order valence-electron chi connectivity index (χ4n) is 4.51. The van der Waals surface area contributed by atoms with Gasteiger partial charge in [0.1, 0.15) is 5.60 Å². The van der Waals surface area contributed by atoms with Crippen LogP contribution in [-0.4, -0.2) is 46.3 Å². The van der Waals surface area contributed by atoms with Crippen molar-refractivity contribution in [3.05, 3.63) is 41.7 Å². The Hall–Kier alpha value is -2.14. The van der Waals surface area contributed by atoms with Crippen molar-refractivity contribution in [3.8, 4) is 11.1 Å². The van der Waals surface area contributed by atoms with Crippen LogP contribution in [0.5, 0.6) is 0 Å². The second-order valence-corrected chi connectivity index (χ2v) is 8.12. The molecule has 2 saturated heterocycles. The minimum absolute atomic E-state index is 0.171. The molecular weight excluding hydrogens is 338 g/mol. The molecule has 0 bridgehead atoms. The summed E-state index contributed by atoms with van der Waals surface area (Å²) in [6, 6.07) is 8.43. The predicted octanol–water partition coefficient (Wildman–Crippen LogP) is 4.05. The summed E-state index contributed by atoms with van der Waals surface area (Å²) in [5.41, 5.74) is 4.28. The van der Waals surface area contributed by atoms with E-state index in [1.54, 1.807) is 0 Å². The van der Waals surface area contributed by atoms with Gasteiger partial charge in [0.15, 0.2) is 0 Å². The molecule has 1 aromatic heterocycles. The molecule has 3 heterocycles. The number of rotatable bonds is 3. The maximum Gasteiger partial charge on any atom is 0.254 e. The highest BCUT2D eigenvalue weighted by molar-refractivity contribution is 5.85. The van der Waals surface area contributed by atoms with E-state index in [0.29, 0.717) is 12.5 Å². The summed E-state index contributed by atoms with van der Waals surface area (Å²) >= 11 is 0. The highest BCUT2D eigenvalue weighted by Crippen LogP contribution is 2.36. The van der Waals surface area contributed by atoms with Crippen LogP contribution in [-0.2, 0) is 9.53 Å². The maximum absolute atomic E-state index is 13.0. The molecule has 0 spiro atoms. The summed E-state index contributed by atoms with van der Waals surface area (Å²) in [6.07, 6.45) is 6.83. The van der Waals surface area contributed by atoms with Gasteiger partial charge in [0, 0.05) is 36.9 Å². The summed E-state index contributed by atoms with van der Waals surface area (Å²) in [5, 5.41) is 7.57. The van der Waals surface area contributed by atoms with Crippen LogP contribution < -0.4 is 0 Å². The molecule has 1 aromatic carbocycles. The Morgan fingerprint density at radius 2 is 2.00 bits per heavy atom. The largest absolute Gasteiger partial charge is 0.365 e. The third-order valence-electron chi connectivity index (χ3n) is 6.22. The average molecular weight is 367 g/mol. The lowest BCUT2D eigenvalue weighted by atomic mass is 9.87. The van der Waals surface area contributed by atoms with Crippen LogP contribution in [0, 0.1) is 6.92 Å². The molecule has 5 nitrogen and oxygen atoms in total. The number of aromatic amines is 1. The van der Waals surface area contributed by atoms with Crippen LogP contribution in [0.2, 0.25) is 0 Å². The number of aryl methyl sites for hydroxylation is 1. The second-order valence-electron chi connectivity index (χ2n) is 8.12. The van der Waals surface area contributed by atoms with Gasteiger partial charge in [-0.15, -0.1) is 0 Å². The van der Waals surface area contributed by atoms with Crippen LogP contribution in [0.15, 0.2) is 30.5 Å². The molecular formula is C22H29N3O2. The number of hydrogen-bond acceptors (Lipinski definition) is 3. The second kappa shape index (κ2) is 7.47. The number of H-pyrrole nitrogens is 1. The van der Waals surface area contributed by atoms with Crippen LogP contribution in [0.4, 0.5) is 0 Å². The number of carbonyl (C=O) groups is 1. The summed E-state index contributed by atoms with van der Waals surface area (Å²) in [4.78, 5) is 15.0. The number of amides is 1. The summed E-state index contributed by atoms with van der Waals surface area (Å²) in [7, 11) is 0. The molecule has 144 valence electrons. The number of likely N-dealkylation sites (tertiary alicyclic amines) is 1. The number of carbonyl (C=O) groups excluding carboxylic acids is 1. The van der Waals surface area contributed by atoms with Crippen molar-refractivity contribution in [2.45, 2.75) is 57.5 Å². The molecule has 0 saturated carbocycles. The Labute approximate surface area is 161 Å². The first kappa shape index (κ1) is 18.2. The van der Waals surface area contributed by atoms with Gasteiger partial charge in [-0.25, -0.2) is 0 Å². The van der Waals surface area contributed by atoms with Crippen molar-refractivity contribution in [2.75, 3.05) is 19.7 Å². The van der Waals surface area contributed by atoms with E-state index >= 15 is 0 Å². The number of hydrogen-bond donors (Lipinski definition) is 1. The minimum atomic E-state index is -0.620. The fourth-order valence-corrected chi connectivity index (χ4v) is 4.51. The van der Waals surface area contributed by atoms with Gasteiger partial charge in [0.05, 0.1) is 6.20 Å². The maximum atomic E-state index is 13.0. The van der Waals surface area contributed by atoms with Crippen molar-refractivity contribution in [1.29, 1.82) is 0 Å². The van der Waals surface area contributed by atoms with E-state index in [1.807, 2.05) is 18.0 Å². The van der Waals surface area contributed by atoms with Gasteiger partial charge in [0.25, 0.3) is 5.91 Å². The van der Waals surface area contributed by atoms with E-state index < -0.39 is 5.60 Å². The van der Waals surface area contributed by atoms with Gasteiger partial charge in [-0.3, -0.25) is 9.89 Å². The molecule has 5 heteroatoms. The number of nitrogens with one attached hydrogen (secondary N) is 1. The minimum Gasteiger partial charge on any atom is -0.365 e. The monoisotopic (exact) mass is 367 g/mol. The highest BCUT2D eigenvalue weighted by atomic mass is 16.5. The van der Waals surface area contributed by atoms with Gasteiger partial charge in [-0.05, 0) is 57.1 Å². The van der Waals surface area contributed by atoms with Crippen molar-refractivity contribution in [2.24, 2.45) is 0 Å². The number of nitrogens with zero attached hydrogens (tertiary/aromatic N) is 2. The Bertz CT molecular complexity index is 799. The molecule has 2 fully saturated rings. The first-order valence-electron chi connectivity index (χ1n) is 10.1. The van der Waals surface area contributed by atoms with Crippen molar-refractivity contribution >= 4 is 5.91 Å². The Morgan fingerprint density at radius 3 is 2.70 bits per heavy atom. The van der Waals surface area contributed by atoms with Crippen LogP contribution in [0.3, 0.4) is 0 Å². The molecule has 4 rings (SSSR count). The molecule has 2 aliphatic heterocycles. The fraction of sp³-hybridized carbons (Fsp3) is 0.545. The molecule has 27 heavy (non-hydrogen) atoms. The molecule has 2 aromatic rings. The molecule has 1 amide bonds. The number of piperidine rings is 1. The van der Waals surface area contributed by atoms with E-state index in [9.17, 15) is 4.79 Å². The third-order valence-corrected chi connectivity index (χ3v) is 6.22. The van der Waals surface area contributed by atoms with E-state index in [1.165, 1.54) is 22.4 Å². The summed E-state index contributed by atoms with van der Waals surface area (Å²) in [6.45, 7) is 6.38. The Morgan fingerprint density at radius 1 is 1.22 bits per heavy atom. The lowest BCUT2D eigenvalue weighted by molar-refractivity contribution is -0.163. The first-order valence-corrected chi connectivity index (χ1v) is 10.1. The van der Waals surface area contributed by atoms with Gasteiger partial charge in [-0.2, -0.15) is 5.10 Å². The third kappa shape index (κ3) is 3.53. The summed E-state index contributed by atoms with van der Waals surface area (Å²) in [5.74, 6) is 0.579. The van der Waals surface area contributed by atoms with Crippen LogP contribution in [0.1, 0.15) is 56.2 Å².